The van der Waals surface area contributed by atoms with Crippen LogP contribution in [0.25, 0.3) is 0 Å². The van der Waals surface area contributed by atoms with Crippen molar-refractivity contribution >= 4 is 15.7 Å². The monoisotopic (exact) mass is 399 g/mol. The van der Waals surface area contributed by atoms with Crippen molar-refractivity contribution < 1.29 is 17.9 Å². The molecule has 1 aliphatic heterocycles. The summed E-state index contributed by atoms with van der Waals surface area (Å²) in [6.07, 6.45) is 2.27. The van der Waals surface area contributed by atoms with Crippen molar-refractivity contribution in [1.29, 1.82) is 0 Å². The number of sulfone groups is 1. The van der Waals surface area contributed by atoms with E-state index in [0.717, 1.165) is 16.7 Å². The van der Waals surface area contributed by atoms with E-state index in [2.05, 4.69) is 12.6 Å². The minimum atomic E-state index is -3.30. The summed E-state index contributed by atoms with van der Waals surface area (Å²) < 4.78 is 30.1. The van der Waals surface area contributed by atoms with E-state index >= 15 is 0 Å². The van der Waals surface area contributed by atoms with Crippen LogP contribution >= 0.6 is 0 Å². The Morgan fingerprint density at radius 3 is 2.64 bits per heavy atom. The highest BCUT2D eigenvalue weighted by Crippen LogP contribution is 2.32. The minimum Gasteiger partial charge on any atom is -0.371 e. The number of aryl methyl sites for hydroxylation is 1. The Bertz CT molecular complexity index is 984. The van der Waals surface area contributed by atoms with E-state index in [-0.39, 0.29) is 22.8 Å². The molecule has 28 heavy (non-hydrogen) atoms. The third-order valence-corrected chi connectivity index (χ3v) is 6.12. The van der Waals surface area contributed by atoms with Gasteiger partial charge in [0.05, 0.1) is 17.6 Å². The molecule has 0 spiro atoms. The number of ether oxygens (including phenoxy) is 1. The Labute approximate surface area is 166 Å². The molecule has 2 atom stereocenters. The highest BCUT2D eigenvalue weighted by molar-refractivity contribution is 7.90. The minimum absolute atomic E-state index is 0.101. The van der Waals surface area contributed by atoms with Crippen LogP contribution in [0.5, 0.6) is 0 Å². The van der Waals surface area contributed by atoms with Gasteiger partial charge >= 0.3 is 0 Å². The van der Waals surface area contributed by atoms with Crippen molar-refractivity contribution in [3.05, 3.63) is 77.9 Å². The molecule has 148 valence electrons. The Morgan fingerprint density at radius 1 is 1.21 bits per heavy atom. The molecular weight excluding hydrogens is 374 g/mol. The molecule has 0 aromatic heterocycles. The third-order valence-electron chi connectivity index (χ3n) is 5.01. The van der Waals surface area contributed by atoms with Gasteiger partial charge in [0.2, 0.25) is 5.91 Å². The molecule has 3 rings (SSSR count). The molecule has 6 heteroatoms. The topological polar surface area (TPSA) is 63.7 Å². The van der Waals surface area contributed by atoms with Gasteiger partial charge in [0, 0.05) is 25.3 Å². The molecule has 2 aromatic rings. The number of carbonyl (C=O) groups is 1. The fourth-order valence-corrected chi connectivity index (χ4v) is 4.23. The van der Waals surface area contributed by atoms with E-state index in [4.69, 9.17) is 4.74 Å². The van der Waals surface area contributed by atoms with Gasteiger partial charge in [-0.2, -0.15) is 0 Å². The Balaban J connectivity index is 1.85. The molecule has 1 amide bonds. The number of hydrogen-bond donors (Lipinski definition) is 0. The molecule has 0 unspecified atom stereocenters. The Morgan fingerprint density at radius 2 is 1.96 bits per heavy atom. The van der Waals surface area contributed by atoms with Crippen LogP contribution in [0, 0.1) is 6.92 Å². The lowest BCUT2D eigenvalue weighted by atomic mass is 9.96. The smallest absolute Gasteiger partial charge is 0.246 e. The summed E-state index contributed by atoms with van der Waals surface area (Å²) in [6.45, 7) is 6.95. The maximum absolute atomic E-state index is 12.1. The zero-order chi connectivity index (χ0) is 20.3. The number of rotatable bonds is 6. The average molecular weight is 400 g/mol. The first-order valence-electron chi connectivity index (χ1n) is 9.16. The number of amides is 1. The first-order chi connectivity index (χ1) is 13.3. The second kappa shape index (κ2) is 8.29. The molecule has 0 N–H and O–H groups in total. The van der Waals surface area contributed by atoms with Crippen molar-refractivity contribution in [1.82, 2.24) is 4.90 Å². The van der Waals surface area contributed by atoms with Gasteiger partial charge in [0.25, 0.3) is 0 Å². The van der Waals surface area contributed by atoms with Crippen LogP contribution in [0.1, 0.15) is 22.6 Å². The van der Waals surface area contributed by atoms with Crippen molar-refractivity contribution in [2.24, 2.45) is 0 Å². The maximum atomic E-state index is 12.1. The van der Waals surface area contributed by atoms with Crippen LogP contribution in [0.2, 0.25) is 0 Å². The summed E-state index contributed by atoms with van der Waals surface area (Å²) in [5.74, 6) is -0.249. The van der Waals surface area contributed by atoms with Gasteiger partial charge in [-0.3, -0.25) is 4.79 Å². The van der Waals surface area contributed by atoms with E-state index in [9.17, 15) is 13.2 Å². The van der Waals surface area contributed by atoms with Crippen LogP contribution < -0.4 is 0 Å². The summed E-state index contributed by atoms with van der Waals surface area (Å²) >= 11 is 0. The van der Waals surface area contributed by atoms with E-state index in [1.807, 2.05) is 31.2 Å². The molecule has 1 fully saturated rings. The molecule has 2 aromatic carbocycles. The van der Waals surface area contributed by atoms with Gasteiger partial charge in [-0.1, -0.05) is 48.5 Å². The zero-order valence-electron chi connectivity index (χ0n) is 16.2. The van der Waals surface area contributed by atoms with Crippen LogP contribution in [0.4, 0.5) is 0 Å². The lowest BCUT2D eigenvalue weighted by molar-refractivity contribution is -0.125. The number of benzene rings is 2. The predicted molar refractivity (Wildman–Crippen MR) is 109 cm³/mol. The molecule has 5 nitrogen and oxygen atoms in total. The quantitative estimate of drug-likeness (QED) is 0.700. The van der Waals surface area contributed by atoms with Gasteiger partial charge in [-0.05, 0) is 36.3 Å². The fourth-order valence-electron chi connectivity index (χ4n) is 3.55. The number of carbonyl (C=O) groups excluding carboxylic acids is 1. The molecule has 0 aliphatic carbocycles. The van der Waals surface area contributed by atoms with Crippen molar-refractivity contribution in [3.8, 4) is 0 Å². The highest BCUT2D eigenvalue weighted by atomic mass is 32.2. The zero-order valence-corrected chi connectivity index (χ0v) is 17.0. The molecule has 1 aliphatic rings. The van der Waals surface area contributed by atoms with Gasteiger partial charge < -0.3 is 9.64 Å². The Kier molecular flexibility index (Phi) is 6.01. The van der Waals surface area contributed by atoms with Crippen molar-refractivity contribution in [2.45, 2.75) is 30.4 Å². The summed E-state index contributed by atoms with van der Waals surface area (Å²) in [4.78, 5) is 14.1. The highest BCUT2D eigenvalue weighted by Gasteiger charge is 2.36. The standard InChI is InChI=1S/C22H25NO4S/c1-4-22(24)23-13-20(18-9-6-10-19(12-18)28(3,25)26)21(14-23)27-15-17-8-5-7-16(2)11-17/h4-12,20-21H,1,13-15H2,2-3H3/t20-,21+/m0/s1. The summed E-state index contributed by atoms with van der Waals surface area (Å²) in [5.41, 5.74) is 3.09. The summed E-state index contributed by atoms with van der Waals surface area (Å²) in [5, 5.41) is 0. The van der Waals surface area contributed by atoms with Gasteiger partial charge in [-0.25, -0.2) is 8.42 Å². The van der Waals surface area contributed by atoms with Crippen LogP contribution in [0.3, 0.4) is 0 Å². The first kappa shape index (κ1) is 20.3. The predicted octanol–water partition coefficient (Wildman–Crippen LogP) is 3.10. The third kappa shape index (κ3) is 4.69. The van der Waals surface area contributed by atoms with Gasteiger partial charge in [-0.15, -0.1) is 0 Å². The van der Waals surface area contributed by atoms with E-state index in [1.165, 1.54) is 12.3 Å². The van der Waals surface area contributed by atoms with E-state index in [0.29, 0.717) is 19.7 Å². The second-order valence-electron chi connectivity index (χ2n) is 7.24. The molecule has 0 radical (unpaired) electrons. The number of likely N-dealkylation sites (tertiary alicyclic amines) is 1. The van der Waals surface area contributed by atoms with E-state index in [1.54, 1.807) is 23.1 Å². The average Bonchev–Trinajstić information content (AvgIpc) is 3.09. The molecule has 1 heterocycles. The number of nitrogens with zero attached hydrogens (tertiary/aromatic N) is 1. The van der Waals surface area contributed by atoms with Crippen LogP contribution in [-0.4, -0.2) is 44.7 Å². The lowest BCUT2D eigenvalue weighted by Gasteiger charge is -2.20. The SMILES string of the molecule is C=CC(=O)N1C[C@@H](OCc2cccc(C)c2)[C@H](c2cccc(S(C)(=O)=O)c2)C1. The van der Waals surface area contributed by atoms with E-state index < -0.39 is 9.84 Å². The largest absolute Gasteiger partial charge is 0.371 e. The van der Waals surface area contributed by atoms with Gasteiger partial charge in [0.1, 0.15) is 0 Å². The second-order valence-corrected chi connectivity index (χ2v) is 9.25. The maximum Gasteiger partial charge on any atom is 0.246 e. The number of hydrogen-bond acceptors (Lipinski definition) is 4. The Hall–Kier alpha value is -2.44. The van der Waals surface area contributed by atoms with Crippen LogP contribution in [0.15, 0.2) is 66.1 Å². The van der Waals surface area contributed by atoms with Gasteiger partial charge in [0.15, 0.2) is 9.84 Å². The fraction of sp³-hybridized carbons (Fsp3) is 0.318. The molecule has 1 saturated heterocycles. The van der Waals surface area contributed by atoms with Crippen molar-refractivity contribution in [2.75, 3.05) is 19.3 Å². The molecular formula is C22H25NO4S. The first-order valence-corrected chi connectivity index (χ1v) is 11.1. The molecule has 0 bridgehead atoms. The summed E-state index contributed by atoms with van der Waals surface area (Å²) in [6, 6.07) is 15.0. The van der Waals surface area contributed by atoms with Crippen molar-refractivity contribution in [3.63, 3.8) is 0 Å². The molecule has 0 saturated carbocycles. The lowest BCUT2D eigenvalue weighted by Crippen LogP contribution is -2.28. The van der Waals surface area contributed by atoms with Crippen LogP contribution in [-0.2, 0) is 26.0 Å². The normalized spacial score (nSPS) is 19.6. The summed E-state index contributed by atoms with van der Waals surface area (Å²) in [7, 11) is -3.30.